The zero-order valence-electron chi connectivity index (χ0n) is 15.5. The van der Waals surface area contributed by atoms with E-state index in [1.54, 1.807) is 23.3 Å². The summed E-state index contributed by atoms with van der Waals surface area (Å²) in [4.78, 5) is 22.1. The van der Waals surface area contributed by atoms with Crippen LogP contribution in [0.3, 0.4) is 0 Å². The first-order valence-corrected chi connectivity index (χ1v) is 8.73. The zero-order chi connectivity index (χ0) is 20.9. The maximum atomic E-state index is 11.2. The van der Waals surface area contributed by atoms with Crippen LogP contribution >= 0.6 is 0 Å². The second-order valence-electron chi connectivity index (χ2n) is 6.04. The SMILES string of the molecule is Nc1ncnc(N/N=C/c2cn(-c3ccccc3)nc2-c2cccnc2)c1[N+](=O)[O-]. The molecule has 0 spiro atoms. The minimum Gasteiger partial charge on any atom is -0.378 e. The van der Waals surface area contributed by atoms with Crippen LogP contribution in [-0.2, 0) is 0 Å². The zero-order valence-corrected chi connectivity index (χ0v) is 15.5. The van der Waals surface area contributed by atoms with Crippen LogP contribution < -0.4 is 11.2 Å². The Labute approximate surface area is 170 Å². The molecule has 0 fully saturated rings. The summed E-state index contributed by atoms with van der Waals surface area (Å²) < 4.78 is 1.72. The van der Waals surface area contributed by atoms with Crippen LogP contribution in [-0.4, -0.2) is 35.9 Å². The Kier molecular flexibility index (Phi) is 5.07. The number of nitrogens with one attached hydrogen (secondary N) is 1. The van der Waals surface area contributed by atoms with Gasteiger partial charge in [0.05, 0.1) is 16.8 Å². The molecule has 0 amide bonds. The van der Waals surface area contributed by atoms with Crippen molar-refractivity contribution in [2.75, 3.05) is 11.2 Å². The fourth-order valence-electron chi connectivity index (χ4n) is 2.74. The van der Waals surface area contributed by atoms with Crippen LogP contribution in [0.5, 0.6) is 0 Å². The minimum absolute atomic E-state index is 0.109. The summed E-state index contributed by atoms with van der Waals surface area (Å²) in [6.45, 7) is 0. The van der Waals surface area contributed by atoms with Gasteiger partial charge in [0.15, 0.2) is 0 Å². The maximum absolute atomic E-state index is 11.2. The normalized spacial score (nSPS) is 10.9. The van der Waals surface area contributed by atoms with Gasteiger partial charge in [-0.05, 0) is 24.3 Å². The maximum Gasteiger partial charge on any atom is 0.354 e. The van der Waals surface area contributed by atoms with Gasteiger partial charge in [-0.3, -0.25) is 20.5 Å². The number of hydrazone groups is 1. The van der Waals surface area contributed by atoms with Gasteiger partial charge in [0, 0.05) is 29.7 Å². The molecule has 11 heteroatoms. The number of nitrogens with zero attached hydrogens (tertiary/aromatic N) is 7. The highest BCUT2D eigenvalue weighted by molar-refractivity contribution is 5.89. The van der Waals surface area contributed by atoms with Crippen molar-refractivity contribution in [1.29, 1.82) is 0 Å². The molecule has 0 atom stereocenters. The van der Waals surface area contributed by atoms with Gasteiger partial charge in [-0.15, -0.1) is 0 Å². The molecule has 11 nitrogen and oxygen atoms in total. The number of nitro groups is 1. The number of hydrogen-bond donors (Lipinski definition) is 2. The minimum atomic E-state index is -0.665. The summed E-state index contributed by atoms with van der Waals surface area (Å²) in [5.41, 5.74) is 10.7. The molecule has 30 heavy (non-hydrogen) atoms. The molecule has 0 saturated heterocycles. The molecule has 0 radical (unpaired) electrons. The molecule has 3 aromatic heterocycles. The molecule has 0 bridgehead atoms. The third kappa shape index (κ3) is 3.80. The average Bonchev–Trinajstić information content (AvgIpc) is 3.19. The number of para-hydroxylation sites is 1. The van der Waals surface area contributed by atoms with Gasteiger partial charge in [0.1, 0.15) is 12.0 Å². The van der Waals surface area contributed by atoms with Gasteiger partial charge in [-0.25, -0.2) is 14.6 Å². The van der Waals surface area contributed by atoms with Gasteiger partial charge in [-0.2, -0.15) is 10.2 Å². The molecule has 1 aromatic carbocycles. The molecule has 0 unspecified atom stereocenters. The van der Waals surface area contributed by atoms with E-state index in [-0.39, 0.29) is 11.6 Å². The van der Waals surface area contributed by atoms with E-state index < -0.39 is 10.6 Å². The Morgan fingerprint density at radius 1 is 1.17 bits per heavy atom. The van der Waals surface area contributed by atoms with Gasteiger partial charge >= 0.3 is 5.69 Å². The van der Waals surface area contributed by atoms with Crippen molar-refractivity contribution in [2.45, 2.75) is 0 Å². The third-order valence-electron chi connectivity index (χ3n) is 4.11. The highest BCUT2D eigenvalue weighted by Crippen LogP contribution is 2.26. The van der Waals surface area contributed by atoms with Crippen molar-refractivity contribution in [2.24, 2.45) is 5.10 Å². The first-order chi connectivity index (χ1) is 14.6. The van der Waals surface area contributed by atoms with Gasteiger partial charge < -0.3 is 5.73 Å². The van der Waals surface area contributed by atoms with Gasteiger partial charge in [0.25, 0.3) is 0 Å². The lowest BCUT2D eigenvalue weighted by Crippen LogP contribution is -2.04. The van der Waals surface area contributed by atoms with Gasteiger partial charge in [-0.1, -0.05) is 18.2 Å². The first-order valence-electron chi connectivity index (χ1n) is 8.73. The van der Waals surface area contributed by atoms with E-state index in [2.05, 4.69) is 30.6 Å². The molecule has 3 N–H and O–H groups in total. The van der Waals surface area contributed by atoms with E-state index in [1.807, 2.05) is 42.5 Å². The second-order valence-corrected chi connectivity index (χ2v) is 6.04. The Balaban J connectivity index is 1.69. The lowest BCUT2D eigenvalue weighted by molar-refractivity contribution is -0.383. The number of pyridine rings is 1. The molecule has 3 heterocycles. The molecule has 0 aliphatic rings. The highest BCUT2D eigenvalue weighted by atomic mass is 16.6. The third-order valence-corrected chi connectivity index (χ3v) is 4.11. The van der Waals surface area contributed by atoms with Gasteiger partial charge in [0.2, 0.25) is 11.6 Å². The summed E-state index contributed by atoms with van der Waals surface area (Å²) in [7, 11) is 0. The largest absolute Gasteiger partial charge is 0.378 e. The lowest BCUT2D eigenvalue weighted by atomic mass is 10.1. The summed E-state index contributed by atoms with van der Waals surface area (Å²) in [5, 5.41) is 19.9. The van der Waals surface area contributed by atoms with Crippen LogP contribution in [0.15, 0.2) is 72.5 Å². The van der Waals surface area contributed by atoms with Crippen LogP contribution in [0.4, 0.5) is 17.3 Å². The van der Waals surface area contributed by atoms with E-state index in [0.29, 0.717) is 11.3 Å². The smallest absolute Gasteiger partial charge is 0.354 e. The number of anilines is 2. The van der Waals surface area contributed by atoms with Crippen molar-refractivity contribution < 1.29 is 4.92 Å². The summed E-state index contributed by atoms with van der Waals surface area (Å²) in [6.07, 6.45) is 7.78. The van der Waals surface area contributed by atoms with E-state index in [1.165, 1.54) is 6.21 Å². The number of nitrogen functional groups attached to an aromatic ring is 1. The standard InChI is InChI=1S/C19H15N9O2/c20-18-17(28(29)30)19(23-12-22-18)25-24-10-14-11-27(15-6-2-1-3-7-15)26-16(14)13-5-4-8-21-9-13/h1-12H,(H3,20,22,23,25)/b24-10+. The predicted octanol–water partition coefficient (Wildman–Crippen LogP) is 2.66. The number of aromatic nitrogens is 5. The number of nitrogens with two attached hydrogens (primary N) is 1. The molecule has 148 valence electrons. The predicted molar refractivity (Wildman–Crippen MR) is 111 cm³/mol. The first kappa shape index (κ1) is 18.7. The lowest BCUT2D eigenvalue weighted by Gasteiger charge is -2.02. The Hall–Kier alpha value is -4.67. The van der Waals surface area contributed by atoms with Crippen molar-refractivity contribution in [1.82, 2.24) is 24.7 Å². The van der Waals surface area contributed by atoms with E-state index in [9.17, 15) is 10.1 Å². The van der Waals surface area contributed by atoms with Crippen molar-refractivity contribution in [3.63, 3.8) is 0 Å². The monoisotopic (exact) mass is 401 g/mol. The summed E-state index contributed by atoms with van der Waals surface area (Å²) >= 11 is 0. The molecule has 0 saturated carbocycles. The van der Waals surface area contributed by atoms with Crippen molar-refractivity contribution in [3.05, 3.63) is 83.1 Å². The summed E-state index contributed by atoms with van der Waals surface area (Å²) in [6, 6.07) is 13.3. The van der Waals surface area contributed by atoms with E-state index >= 15 is 0 Å². The topological polar surface area (TPSA) is 150 Å². The highest BCUT2D eigenvalue weighted by Gasteiger charge is 2.20. The van der Waals surface area contributed by atoms with Crippen LogP contribution in [0.2, 0.25) is 0 Å². The fourth-order valence-corrected chi connectivity index (χ4v) is 2.74. The average molecular weight is 401 g/mol. The second kappa shape index (κ2) is 8.14. The number of hydrogen-bond acceptors (Lipinski definition) is 9. The van der Waals surface area contributed by atoms with Crippen LogP contribution in [0, 0.1) is 10.1 Å². The van der Waals surface area contributed by atoms with Crippen LogP contribution in [0.25, 0.3) is 16.9 Å². The fraction of sp³-hybridized carbons (Fsp3) is 0. The molecular weight excluding hydrogens is 386 g/mol. The van der Waals surface area contributed by atoms with E-state index in [4.69, 9.17) is 5.73 Å². The molecule has 0 aliphatic carbocycles. The van der Waals surface area contributed by atoms with Crippen LogP contribution in [0.1, 0.15) is 5.56 Å². The number of benzene rings is 1. The quantitative estimate of drug-likeness (QED) is 0.284. The Morgan fingerprint density at radius 3 is 2.73 bits per heavy atom. The van der Waals surface area contributed by atoms with Crippen molar-refractivity contribution >= 4 is 23.5 Å². The summed E-state index contributed by atoms with van der Waals surface area (Å²) in [5.74, 6) is -0.359. The Bertz CT molecular complexity index is 1210. The van der Waals surface area contributed by atoms with E-state index in [0.717, 1.165) is 17.6 Å². The molecule has 4 aromatic rings. The Morgan fingerprint density at radius 2 is 2.00 bits per heavy atom. The molecule has 0 aliphatic heterocycles. The number of rotatable bonds is 6. The molecule has 4 rings (SSSR count). The molecular formula is C19H15N9O2. The van der Waals surface area contributed by atoms with Crippen molar-refractivity contribution in [3.8, 4) is 16.9 Å².